The average Bonchev–Trinajstić information content (AvgIpc) is 2.79. The van der Waals surface area contributed by atoms with Crippen molar-refractivity contribution in [2.45, 2.75) is 56.3 Å². The minimum Gasteiger partial charge on any atom is -0.479 e. The number of carboxylic acid groups (broad SMARTS) is 1. The number of aliphatic hydroxyl groups is 4. The summed E-state index contributed by atoms with van der Waals surface area (Å²) in [6, 6.07) is -1.35. The lowest BCUT2D eigenvalue weighted by molar-refractivity contribution is -0.240. The number of ether oxygens (including phenoxy) is 4. The molecule has 1 aliphatic rings. The van der Waals surface area contributed by atoms with E-state index in [4.69, 9.17) is 18.9 Å². The van der Waals surface area contributed by atoms with Gasteiger partial charge >= 0.3 is 12.1 Å². The highest BCUT2D eigenvalue weighted by atomic mass is 16.6. The lowest BCUT2D eigenvalue weighted by atomic mass is 9.78. The van der Waals surface area contributed by atoms with E-state index in [-0.39, 0.29) is 13.2 Å². The van der Waals surface area contributed by atoms with Crippen molar-refractivity contribution in [2.24, 2.45) is 5.92 Å². The fourth-order valence-electron chi connectivity index (χ4n) is 3.44. The summed E-state index contributed by atoms with van der Waals surface area (Å²) in [5.74, 6) is -2.84. The summed E-state index contributed by atoms with van der Waals surface area (Å²) in [6.45, 7) is 2.43. The van der Waals surface area contributed by atoms with Crippen LogP contribution < -0.4 is 10.6 Å². The Bertz CT molecular complexity index is 663. The average molecular weight is 497 g/mol. The van der Waals surface area contributed by atoms with Crippen molar-refractivity contribution in [3.63, 3.8) is 0 Å². The molecule has 14 heteroatoms. The number of alkyl carbamates (subject to hydrolysis) is 1. The number of aliphatic carboxylic acids is 1. The van der Waals surface area contributed by atoms with Gasteiger partial charge in [0.25, 0.3) is 0 Å². The molecule has 6 atom stereocenters. The van der Waals surface area contributed by atoms with E-state index in [1.165, 1.54) is 7.11 Å². The first-order chi connectivity index (χ1) is 16.0. The van der Waals surface area contributed by atoms with Gasteiger partial charge in [0.2, 0.25) is 5.91 Å². The maximum absolute atomic E-state index is 12.3. The molecule has 1 aliphatic heterocycles. The van der Waals surface area contributed by atoms with Crippen LogP contribution in [0.1, 0.15) is 20.3 Å². The van der Waals surface area contributed by atoms with Crippen molar-refractivity contribution in [1.29, 1.82) is 0 Å². The van der Waals surface area contributed by atoms with Crippen LogP contribution in [0.25, 0.3) is 0 Å². The predicted molar refractivity (Wildman–Crippen MR) is 114 cm³/mol. The van der Waals surface area contributed by atoms with Gasteiger partial charge in [-0.05, 0) is 5.92 Å². The van der Waals surface area contributed by atoms with Gasteiger partial charge in [-0.1, -0.05) is 13.8 Å². The van der Waals surface area contributed by atoms with Crippen molar-refractivity contribution in [1.82, 2.24) is 10.6 Å². The SMILES string of the molecule is COCCOCCOC(=O)NCC(=O)NC1C(O)CC(C(=O)O)(C(C)C)OC1[C@H](O)[C@H](O)CO. The molecule has 14 nitrogen and oxygen atoms in total. The highest BCUT2D eigenvalue weighted by molar-refractivity contribution is 5.82. The van der Waals surface area contributed by atoms with Crippen molar-refractivity contribution in [3.05, 3.63) is 0 Å². The third-order valence-electron chi connectivity index (χ3n) is 5.45. The Labute approximate surface area is 197 Å². The molecule has 0 aromatic heterocycles. The van der Waals surface area contributed by atoms with E-state index in [0.29, 0.717) is 13.2 Å². The molecule has 0 aliphatic carbocycles. The van der Waals surface area contributed by atoms with Gasteiger partial charge in [-0.25, -0.2) is 9.59 Å². The topological polar surface area (TPSA) is 213 Å². The number of amides is 2. The van der Waals surface area contributed by atoms with Crippen LogP contribution >= 0.6 is 0 Å². The molecule has 0 spiro atoms. The van der Waals surface area contributed by atoms with Crippen molar-refractivity contribution in [3.8, 4) is 0 Å². The van der Waals surface area contributed by atoms with Gasteiger partial charge in [0, 0.05) is 13.5 Å². The molecule has 0 radical (unpaired) electrons. The van der Waals surface area contributed by atoms with E-state index in [9.17, 15) is 39.9 Å². The van der Waals surface area contributed by atoms with Gasteiger partial charge in [0.1, 0.15) is 31.5 Å². The second-order valence-corrected chi connectivity index (χ2v) is 8.13. The minimum atomic E-state index is -1.91. The third-order valence-corrected chi connectivity index (χ3v) is 5.45. The largest absolute Gasteiger partial charge is 0.479 e. The summed E-state index contributed by atoms with van der Waals surface area (Å²) in [6.07, 6.45) is -7.95. The highest BCUT2D eigenvalue weighted by Gasteiger charge is 2.56. The zero-order chi connectivity index (χ0) is 25.9. The Hall–Kier alpha value is -2.07. The summed E-state index contributed by atoms with van der Waals surface area (Å²) in [7, 11) is 1.52. The zero-order valence-corrected chi connectivity index (χ0v) is 19.5. The summed E-state index contributed by atoms with van der Waals surface area (Å²) >= 11 is 0. The molecule has 1 heterocycles. The lowest BCUT2D eigenvalue weighted by Crippen LogP contribution is -2.69. The number of methoxy groups -OCH3 is 1. The third kappa shape index (κ3) is 8.30. The Morgan fingerprint density at radius 1 is 1.15 bits per heavy atom. The Morgan fingerprint density at radius 3 is 2.35 bits per heavy atom. The fourth-order valence-corrected chi connectivity index (χ4v) is 3.44. The van der Waals surface area contributed by atoms with E-state index >= 15 is 0 Å². The molecule has 1 fully saturated rings. The van der Waals surface area contributed by atoms with Gasteiger partial charge < -0.3 is 55.1 Å². The smallest absolute Gasteiger partial charge is 0.407 e. The normalized spacial score (nSPS) is 26.5. The number of carbonyl (C=O) groups excluding carboxylic acids is 2. The Kier molecular flexibility index (Phi) is 12.7. The molecule has 1 saturated heterocycles. The number of carboxylic acids is 1. The molecule has 1 rings (SSSR count). The zero-order valence-electron chi connectivity index (χ0n) is 19.5. The lowest BCUT2D eigenvalue weighted by Gasteiger charge is -2.48. The summed E-state index contributed by atoms with van der Waals surface area (Å²) in [5.41, 5.74) is -1.91. The molecule has 0 aromatic rings. The molecular formula is C20H36N2O12. The predicted octanol–water partition coefficient (Wildman–Crippen LogP) is -2.80. The quantitative estimate of drug-likeness (QED) is 0.122. The Balaban J connectivity index is 2.76. The van der Waals surface area contributed by atoms with E-state index in [0.717, 1.165) is 0 Å². The summed E-state index contributed by atoms with van der Waals surface area (Å²) in [5, 5.41) is 54.4. The summed E-state index contributed by atoms with van der Waals surface area (Å²) in [4.78, 5) is 36.0. The van der Waals surface area contributed by atoms with E-state index < -0.39 is 79.5 Å². The molecule has 0 saturated carbocycles. The number of hydrogen-bond donors (Lipinski definition) is 7. The van der Waals surface area contributed by atoms with Crippen LogP contribution in [0.2, 0.25) is 0 Å². The first-order valence-corrected chi connectivity index (χ1v) is 10.8. The van der Waals surface area contributed by atoms with Gasteiger partial charge in [0.15, 0.2) is 5.60 Å². The first kappa shape index (κ1) is 30.0. The molecule has 34 heavy (non-hydrogen) atoms. The van der Waals surface area contributed by atoms with Crippen LogP contribution in [-0.2, 0) is 28.5 Å². The van der Waals surface area contributed by atoms with Crippen molar-refractivity contribution >= 4 is 18.0 Å². The molecule has 2 amide bonds. The van der Waals surface area contributed by atoms with Crippen LogP contribution in [0, 0.1) is 5.92 Å². The van der Waals surface area contributed by atoms with Crippen molar-refractivity contribution < 1.29 is 58.9 Å². The van der Waals surface area contributed by atoms with E-state index in [1.54, 1.807) is 13.8 Å². The maximum atomic E-state index is 12.3. The van der Waals surface area contributed by atoms with Gasteiger partial charge in [-0.2, -0.15) is 0 Å². The van der Waals surface area contributed by atoms with Crippen molar-refractivity contribution in [2.75, 3.05) is 46.7 Å². The molecule has 198 valence electrons. The summed E-state index contributed by atoms with van der Waals surface area (Å²) < 4.78 is 20.4. The molecule has 0 aromatic carbocycles. The molecule has 0 bridgehead atoms. The van der Waals surface area contributed by atoms with E-state index in [1.807, 2.05) is 0 Å². The van der Waals surface area contributed by atoms with Crippen LogP contribution in [0.5, 0.6) is 0 Å². The monoisotopic (exact) mass is 496 g/mol. The minimum absolute atomic E-state index is 0.0634. The van der Waals surface area contributed by atoms with Gasteiger partial charge in [0.05, 0.1) is 38.6 Å². The highest BCUT2D eigenvalue weighted by Crippen LogP contribution is 2.37. The number of aliphatic hydroxyl groups excluding tert-OH is 4. The second kappa shape index (κ2) is 14.4. The van der Waals surface area contributed by atoms with Crippen LogP contribution in [0.15, 0.2) is 0 Å². The van der Waals surface area contributed by atoms with Crippen LogP contribution in [-0.4, -0.2) is 126 Å². The molecule has 4 unspecified atom stereocenters. The van der Waals surface area contributed by atoms with Crippen LogP contribution in [0.4, 0.5) is 4.79 Å². The molecular weight excluding hydrogens is 460 g/mol. The van der Waals surface area contributed by atoms with Crippen LogP contribution in [0.3, 0.4) is 0 Å². The number of carbonyl (C=O) groups is 3. The standard InChI is InChI=1S/C20H36N2O12/c1-11(2)20(18(28)29)8-12(24)15(17(34-20)16(27)13(25)10-23)22-14(26)9-21-19(30)33-7-6-32-5-4-31-3/h11-13,15-17,23-25,27H,4-10H2,1-3H3,(H,21,30)(H,22,26)(H,28,29)/t12?,13-,15?,16-,17?,20?/m1/s1. The molecule has 7 N–H and O–H groups in total. The second-order valence-electron chi connectivity index (χ2n) is 8.13. The van der Waals surface area contributed by atoms with Gasteiger partial charge in [-0.3, -0.25) is 4.79 Å². The number of hydrogen-bond acceptors (Lipinski definition) is 11. The first-order valence-electron chi connectivity index (χ1n) is 10.8. The number of rotatable bonds is 14. The Morgan fingerprint density at radius 2 is 1.79 bits per heavy atom. The van der Waals surface area contributed by atoms with E-state index in [2.05, 4.69) is 10.6 Å². The fraction of sp³-hybridized carbons (Fsp3) is 0.850. The van der Waals surface area contributed by atoms with Gasteiger partial charge in [-0.15, -0.1) is 0 Å². The number of nitrogens with one attached hydrogen (secondary N) is 2. The maximum Gasteiger partial charge on any atom is 0.407 e.